The molecule has 0 radical (unpaired) electrons. The first-order chi connectivity index (χ1) is 19.7. The van der Waals surface area contributed by atoms with E-state index in [1.165, 1.54) is 12.8 Å². The van der Waals surface area contributed by atoms with Crippen LogP contribution in [0.5, 0.6) is 11.5 Å². The van der Waals surface area contributed by atoms with Crippen molar-refractivity contribution in [3.05, 3.63) is 120 Å². The monoisotopic (exact) mass is 547 g/mol. The Kier molecular flexibility index (Phi) is 7.71. The maximum atomic E-state index is 13.9. The van der Waals surface area contributed by atoms with Crippen molar-refractivity contribution in [3.8, 4) is 21.9 Å². The Bertz CT molecular complexity index is 1620. The Morgan fingerprint density at radius 2 is 1.40 bits per heavy atom. The lowest BCUT2D eigenvalue weighted by atomic mass is 9.97. The quantitative estimate of drug-likeness (QED) is 0.109. The van der Waals surface area contributed by atoms with Gasteiger partial charge in [-0.15, -0.1) is 11.3 Å². The van der Waals surface area contributed by atoms with Crippen molar-refractivity contribution in [3.63, 3.8) is 0 Å². The molecule has 5 aromatic rings. The van der Waals surface area contributed by atoms with Gasteiger partial charge in [0.2, 0.25) is 0 Å². The third-order valence-electron chi connectivity index (χ3n) is 7.15. The number of benzene rings is 4. The third-order valence-corrected chi connectivity index (χ3v) is 8.37. The molecule has 0 bridgehead atoms. The average Bonchev–Trinajstić information content (AvgIpc) is 3.66. The van der Waals surface area contributed by atoms with E-state index in [0.29, 0.717) is 29.0 Å². The van der Waals surface area contributed by atoms with Crippen molar-refractivity contribution < 1.29 is 19.1 Å². The van der Waals surface area contributed by atoms with Gasteiger partial charge in [-0.2, -0.15) is 0 Å². The molecule has 1 saturated heterocycles. The highest BCUT2D eigenvalue weighted by atomic mass is 32.1. The van der Waals surface area contributed by atoms with E-state index in [1.807, 2.05) is 66.7 Å². The summed E-state index contributed by atoms with van der Waals surface area (Å²) >= 11 is 1.58. The Hall–Kier alpha value is -4.26. The SMILES string of the molecule is O=C(Oc1ccc(-c2sc3ccccc3c2C(=O)c2ccc(OCCN3CCCC3)cc2)cc1)c1ccccc1. The van der Waals surface area contributed by atoms with Gasteiger partial charge in [0, 0.05) is 32.6 Å². The number of esters is 1. The molecular weight excluding hydrogens is 518 g/mol. The molecule has 6 heteroatoms. The second-order valence-electron chi connectivity index (χ2n) is 9.83. The molecule has 0 N–H and O–H groups in total. The number of fused-ring (bicyclic) bond motifs is 1. The molecular formula is C34H29NO4S. The summed E-state index contributed by atoms with van der Waals surface area (Å²) in [6.45, 7) is 3.86. The number of hydrogen-bond acceptors (Lipinski definition) is 6. The van der Waals surface area contributed by atoms with Crippen molar-refractivity contribution in [1.29, 1.82) is 0 Å². The molecule has 1 aliphatic heterocycles. The third kappa shape index (κ3) is 5.69. The first-order valence-corrected chi connectivity index (χ1v) is 14.4. The van der Waals surface area contributed by atoms with E-state index in [0.717, 1.165) is 45.9 Å². The highest BCUT2D eigenvalue weighted by Crippen LogP contribution is 2.40. The number of ether oxygens (including phenoxy) is 2. The number of likely N-dealkylation sites (tertiary alicyclic amines) is 1. The van der Waals surface area contributed by atoms with Crippen molar-refractivity contribution in [2.45, 2.75) is 12.8 Å². The van der Waals surface area contributed by atoms with Crippen LogP contribution in [0.3, 0.4) is 0 Å². The highest BCUT2D eigenvalue weighted by molar-refractivity contribution is 7.22. The van der Waals surface area contributed by atoms with E-state index in [-0.39, 0.29) is 5.78 Å². The molecule has 2 heterocycles. The Labute approximate surface area is 237 Å². The first kappa shape index (κ1) is 26.0. The van der Waals surface area contributed by atoms with E-state index < -0.39 is 5.97 Å². The Morgan fingerprint density at radius 3 is 2.15 bits per heavy atom. The van der Waals surface area contributed by atoms with Crippen LogP contribution in [-0.4, -0.2) is 42.9 Å². The van der Waals surface area contributed by atoms with Crippen molar-refractivity contribution >= 4 is 33.2 Å². The number of rotatable bonds is 9. The molecule has 1 fully saturated rings. The zero-order chi connectivity index (χ0) is 27.3. The van der Waals surface area contributed by atoms with E-state index in [2.05, 4.69) is 4.90 Å². The normalized spacial score (nSPS) is 13.4. The van der Waals surface area contributed by atoms with Gasteiger partial charge in [0.1, 0.15) is 18.1 Å². The molecule has 1 aliphatic rings. The number of hydrogen-bond donors (Lipinski definition) is 0. The van der Waals surface area contributed by atoms with Crippen LogP contribution in [0.2, 0.25) is 0 Å². The summed E-state index contributed by atoms with van der Waals surface area (Å²) in [5.74, 6) is 0.781. The molecule has 40 heavy (non-hydrogen) atoms. The summed E-state index contributed by atoms with van der Waals surface area (Å²) in [5.41, 5.74) is 2.68. The molecule has 0 unspecified atom stereocenters. The van der Waals surface area contributed by atoms with E-state index in [1.54, 1.807) is 47.7 Å². The van der Waals surface area contributed by atoms with Crippen molar-refractivity contribution in [2.24, 2.45) is 0 Å². The molecule has 0 amide bonds. The fraction of sp³-hybridized carbons (Fsp3) is 0.176. The lowest BCUT2D eigenvalue weighted by Gasteiger charge is -2.15. The zero-order valence-corrected chi connectivity index (χ0v) is 22.9. The summed E-state index contributed by atoms with van der Waals surface area (Å²) in [7, 11) is 0. The van der Waals surface area contributed by atoms with Crippen LogP contribution in [0.4, 0.5) is 0 Å². The first-order valence-electron chi connectivity index (χ1n) is 13.5. The highest BCUT2D eigenvalue weighted by Gasteiger charge is 2.22. The fourth-order valence-electron chi connectivity index (χ4n) is 5.03. The predicted molar refractivity (Wildman–Crippen MR) is 160 cm³/mol. The predicted octanol–water partition coefficient (Wildman–Crippen LogP) is 7.49. The summed E-state index contributed by atoms with van der Waals surface area (Å²) in [5, 5.41) is 0.929. The summed E-state index contributed by atoms with van der Waals surface area (Å²) < 4.78 is 12.5. The lowest BCUT2D eigenvalue weighted by molar-refractivity contribution is 0.0734. The van der Waals surface area contributed by atoms with Crippen LogP contribution in [-0.2, 0) is 0 Å². The molecule has 0 aliphatic carbocycles. The van der Waals surface area contributed by atoms with Gasteiger partial charge in [-0.25, -0.2) is 4.79 Å². The van der Waals surface area contributed by atoms with Gasteiger partial charge in [0.15, 0.2) is 5.78 Å². The second kappa shape index (κ2) is 11.9. The molecule has 4 aromatic carbocycles. The van der Waals surface area contributed by atoms with Crippen LogP contribution >= 0.6 is 11.3 Å². The molecule has 0 atom stereocenters. The fourth-order valence-corrected chi connectivity index (χ4v) is 6.24. The topological polar surface area (TPSA) is 55.8 Å². The molecule has 5 nitrogen and oxygen atoms in total. The van der Waals surface area contributed by atoms with Gasteiger partial charge in [0.05, 0.1) is 5.56 Å². The van der Waals surface area contributed by atoms with Gasteiger partial charge in [-0.05, 0) is 98.2 Å². The zero-order valence-electron chi connectivity index (χ0n) is 22.0. The second-order valence-corrected chi connectivity index (χ2v) is 10.9. The van der Waals surface area contributed by atoms with Gasteiger partial charge < -0.3 is 9.47 Å². The van der Waals surface area contributed by atoms with Crippen LogP contribution in [0, 0.1) is 0 Å². The van der Waals surface area contributed by atoms with Gasteiger partial charge in [-0.3, -0.25) is 9.69 Å². The molecule has 0 saturated carbocycles. The standard InChI is InChI=1S/C34H29NO4S/c36-32(24-12-16-27(17-13-24)38-23-22-35-20-6-7-21-35)31-29-10-4-5-11-30(29)40-33(31)25-14-18-28(19-15-25)39-34(37)26-8-2-1-3-9-26/h1-5,8-19H,6-7,20-23H2. The maximum absolute atomic E-state index is 13.9. The molecule has 6 rings (SSSR count). The average molecular weight is 548 g/mol. The lowest BCUT2D eigenvalue weighted by Crippen LogP contribution is -2.25. The molecule has 200 valence electrons. The minimum Gasteiger partial charge on any atom is -0.492 e. The maximum Gasteiger partial charge on any atom is 0.343 e. The van der Waals surface area contributed by atoms with E-state index in [4.69, 9.17) is 9.47 Å². The molecule has 0 spiro atoms. The van der Waals surface area contributed by atoms with Gasteiger partial charge in [-0.1, -0.05) is 36.4 Å². The van der Waals surface area contributed by atoms with Crippen LogP contribution in [0.1, 0.15) is 39.1 Å². The molecule has 1 aromatic heterocycles. The minimum absolute atomic E-state index is 0.0318. The van der Waals surface area contributed by atoms with Crippen molar-refractivity contribution in [2.75, 3.05) is 26.2 Å². The van der Waals surface area contributed by atoms with Gasteiger partial charge in [0.25, 0.3) is 0 Å². The van der Waals surface area contributed by atoms with Crippen molar-refractivity contribution in [1.82, 2.24) is 4.90 Å². The minimum atomic E-state index is -0.408. The summed E-state index contributed by atoms with van der Waals surface area (Å²) in [4.78, 5) is 29.6. The van der Waals surface area contributed by atoms with Crippen LogP contribution in [0.25, 0.3) is 20.5 Å². The summed E-state index contributed by atoms with van der Waals surface area (Å²) in [6.07, 6.45) is 2.53. The number of ketones is 1. The smallest absolute Gasteiger partial charge is 0.343 e. The van der Waals surface area contributed by atoms with Crippen LogP contribution < -0.4 is 9.47 Å². The number of thiophene rings is 1. The van der Waals surface area contributed by atoms with Crippen LogP contribution in [0.15, 0.2) is 103 Å². The number of carbonyl (C=O) groups is 2. The van der Waals surface area contributed by atoms with Gasteiger partial charge >= 0.3 is 5.97 Å². The number of carbonyl (C=O) groups excluding carboxylic acids is 2. The Balaban J connectivity index is 1.22. The van der Waals surface area contributed by atoms with E-state index >= 15 is 0 Å². The van der Waals surface area contributed by atoms with E-state index in [9.17, 15) is 9.59 Å². The Morgan fingerprint density at radius 1 is 0.725 bits per heavy atom. The number of nitrogens with zero attached hydrogens (tertiary/aromatic N) is 1. The summed E-state index contributed by atoms with van der Waals surface area (Å²) in [6, 6.07) is 31.6. The largest absolute Gasteiger partial charge is 0.492 e.